The molecule has 104 valence electrons. The van der Waals surface area contributed by atoms with Gasteiger partial charge in [0.15, 0.2) is 0 Å². The summed E-state index contributed by atoms with van der Waals surface area (Å²) in [6, 6.07) is 10.3. The van der Waals surface area contributed by atoms with Crippen LogP contribution in [0.15, 0.2) is 30.3 Å². The molecule has 2 atom stereocenters. The number of nitriles is 1. The van der Waals surface area contributed by atoms with E-state index in [-0.39, 0.29) is 24.4 Å². The van der Waals surface area contributed by atoms with Gasteiger partial charge in [0.2, 0.25) is 5.91 Å². The molecule has 1 fully saturated rings. The topological polar surface area (TPSA) is 85.2 Å². The minimum absolute atomic E-state index is 0.164. The van der Waals surface area contributed by atoms with Gasteiger partial charge in [0, 0.05) is 19.3 Å². The van der Waals surface area contributed by atoms with E-state index >= 15 is 0 Å². The molecule has 3 amide bonds. The number of rotatable bonds is 2. The van der Waals surface area contributed by atoms with Gasteiger partial charge >= 0.3 is 6.03 Å². The van der Waals surface area contributed by atoms with Crippen molar-refractivity contribution in [1.82, 2.24) is 10.2 Å². The van der Waals surface area contributed by atoms with Crippen LogP contribution in [0.5, 0.6) is 0 Å². The maximum atomic E-state index is 12.2. The molecule has 0 spiro atoms. The molecule has 0 aliphatic carbocycles. The van der Waals surface area contributed by atoms with Crippen LogP contribution in [-0.4, -0.2) is 36.5 Å². The summed E-state index contributed by atoms with van der Waals surface area (Å²) in [5.74, 6) is -0.528. The van der Waals surface area contributed by atoms with Gasteiger partial charge in [-0.3, -0.25) is 4.79 Å². The van der Waals surface area contributed by atoms with Gasteiger partial charge in [0.25, 0.3) is 0 Å². The molecule has 2 rings (SSSR count). The zero-order valence-electron chi connectivity index (χ0n) is 11.2. The number of nitrogens with zero attached hydrogens (tertiary/aromatic N) is 2. The predicted molar refractivity (Wildman–Crippen MR) is 73.7 cm³/mol. The molecule has 1 aliphatic heterocycles. The standard InChI is InChI=1S/C14H16N4O2/c1-16-14(20)18-9-10(7-12(18)8-15)13(19)17-11-5-3-2-4-6-11/h2-6,10,12H,7,9H2,1H3,(H,16,20)(H,17,19). The zero-order valence-corrected chi connectivity index (χ0v) is 11.2. The first-order valence-electron chi connectivity index (χ1n) is 6.39. The number of carbonyl (C=O) groups excluding carboxylic acids is 2. The maximum absolute atomic E-state index is 12.2. The first-order valence-corrected chi connectivity index (χ1v) is 6.39. The fourth-order valence-corrected chi connectivity index (χ4v) is 2.28. The average molecular weight is 272 g/mol. The van der Waals surface area contributed by atoms with Crippen LogP contribution in [-0.2, 0) is 4.79 Å². The van der Waals surface area contributed by atoms with Crippen LogP contribution in [0.2, 0.25) is 0 Å². The highest BCUT2D eigenvalue weighted by Crippen LogP contribution is 2.24. The van der Waals surface area contributed by atoms with E-state index in [1.54, 1.807) is 12.1 Å². The molecule has 20 heavy (non-hydrogen) atoms. The van der Waals surface area contributed by atoms with Crippen LogP contribution in [0.4, 0.5) is 10.5 Å². The molecule has 1 aromatic rings. The minimum atomic E-state index is -0.554. The third-order valence-electron chi connectivity index (χ3n) is 3.34. The van der Waals surface area contributed by atoms with Crippen LogP contribution in [0.3, 0.4) is 0 Å². The summed E-state index contributed by atoms with van der Waals surface area (Å²) in [7, 11) is 1.51. The van der Waals surface area contributed by atoms with Crippen molar-refractivity contribution in [1.29, 1.82) is 5.26 Å². The quantitative estimate of drug-likeness (QED) is 0.847. The monoisotopic (exact) mass is 272 g/mol. The number of amides is 3. The van der Waals surface area contributed by atoms with E-state index < -0.39 is 6.04 Å². The number of hydrogen-bond acceptors (Lipinski definition) is 3. The molecule has 1 aromatic carbocycles. The van der Waals surface area contributed by atoms with Crippen LogP contribution in [0, 0.1) is 17.2 Å². The van der Waals surface area contributed by atoms with E-state index in [1.807, 2.05) is 18.2 Å². The van der Waals surface area contributed by atoms with Gasteiger partial charge in [-0.2, -0.15) is 5.26 Å². The summed E-state index contributed by atoms with van der Waals surface area (Å²) < 4.78 is 0. The first-order chi connectivity index (χ1) is 9.65. The average Bonchev–Trinajstić information content (AvgIpc) is 2.92. The fourth-order valence-electron chi connectivity index (χ4n) is 2.28. The Morgan fingerprint density at radius 2 is 2.05 bits per heavy atom. The van der Waals surface area contributed by atoms with Gasteiger partial charge < -0.3 is 15.5 Å². The molecule has 0 radical (unpaired) electrons. The van der Waals surface area contributed by atoms with Crippen molar-refractivity contribution >= 4 is 17.6 Å². The van der Waals surface area contributed by atoms with Gasteiger partial charge in [-0.15, -0.1) is 0 Å². The van der Waals surface area contributed by atoms with Crippen LogP contribution >= 0.6 is 0 Å². The normalized spacial score (nSPS) is 21.1. The number of nitrogens with one attached hydrogen (secondary N) is 2. The second-order valence-electron chi connectivity index (χ2n) is 4.64. The van der Waals surface area contributed by atoms with E-state index in [4.69, 9.17) is 5.26 Å². The Bertz CT molecular complexity index is 538. The lowest BCUT2D eigenvalue weighted by molar-refractivity contribution is -0.119. The summed E-state index contributed by atoms with van der Waals surface area (Å²) in [5.41, 5.74) is 0.712. The largest absolute Gasteiger partial charge is 0.341 e. The van der Waals surface area contributed by atoms with Crippen molar-refractivity contribution in [3.05, 3.63) is 30.3 Å². The fraction of sp³-hybridized carbons (Fsp3) is 0.357. The highest BCUT2D eigenvalue weighted by atomic mass is 16.2. The van der Waals surface area contributed by atoms with Crippen molar-refractivity contribution in [2.75, 3.05) is 18.9 Å². The molecule has 6 heteroatoms. The lowest BCUT2D eigenvalue weighted by Crippen LogP contribution is -2.41. The Balaban J connectivity index is 2.02. The van der Waals surface area contributed by atoms with E-state index in [2.05, 4.69) is 16.7 Å². The summed E-state index contributed by atoms with van der Waals surface area (Å²) in [6.45, 7) is 0.260. The van der Waals surface area contributed by atoms with Gasteiger partial charge in [-0.05, 0) is 18.6 Å². The Labute approximate surface area is 117 Å². The first kappa shape index (κ1) is 13.9. The second kappa shape index (κ2) is 6.06. The highest BCUT2D eigenvalue weighted by molar-refractivity contribution is 5.93. The molecular weight excluding hydrogens is 256 g/mol. The maximum Gasteiger partial charge on any atom is 0.318 e. The number of para-hydroxylation sites is 1. The van der Waals surface area contributed by atoms with Gasteiger partial charge in [-0.1, -0.05) is 18.2 Å². The highest BCUT2D eigenvalue weighted by Gasteiger charge is 2.38. The van der Waals surface area contributed by atoms with Crippen molar-refractivity contribution in [2.45, 2.75) is 12.5 Å². The lowest BCUT2D eigenvalue weighted by Gasteiger charge is -2.18. The second-order valence-corrected chi connectivity index (χ2v) is 4.64. The SMILES string of the molecule is CNC(=O)N1CC(C(=O)Nc2ccccc2)CC1C#N. The Kier molecular flexibility index (Phi) is 4.20. The van der Waals surface area contributed by atoms with Crippen molar-refractivity contribution in [3.8, 4) is 6.07 Å². The van der Waals surface area contributed by atoms with Crippen molar-refractivity contribution in [3.63, 3.8) is 0 Å². The Morgan fingerprint density at radius 3 is 2.65 bits per heavy atom. The molecule has 0 bridgehead atoms. The van der Waals surface area contributed by atoms with Crippen molar-refractivity contribution in [2.24, 2.45) is 5.92 Å². The molecule has 1 aliphatic rings. The van der Waals surface area contributed by atoms with Gasteiger partial charge in [0.1, 0.15) is 6.04 Å². The Hall–Kier alpha value is -2.55. The Morgan fingerprint density at radius 1 is 1.35 bits per heavy atom. The van der Waals surface area contributed by atoms with E-state index in [0.29, 0.717) is 12.1 Å². The molecule has 1 heterocycles. The summed E-state index contributed by atoms with van der Waals surface area (Å²) in [4.78, 5) is 25.2. The molecular formula is C14H16N4O2. The molecule has 6 nitrogen and oxygen atoms in total. The molecule has 1 saturated heterocycles. The van der Waals surface area contributed by atoms with Crippen LogP contribution in [0.25, 0.3) is 0 Å². The number of anilines is 1. The molecule has 0 saturated carbocycles. The summed E-state index contributed by atoms with van der Waals surface area (Å²) >= 11 is 0. The third-order valence-corrected chi connectivity index (χ3v) is 3.34. The predicted octanol–water partition coefficient (Wildman–Crippen LogP) is 1.18. The number of likely N-dealkylation sites (tertiary alicyclic amines) is 1. The van der Waals surface area contributed by atoms with Gasteiger partial charge in [-0.25, -0.2) is 4.79 Å². The smallest absolute Gasteiger partial charge is 0.318 e. The molecule has 2 N–H and O–H groups in total. The van der Waals surface area contributed by atoms with E-state index in [0.717, 1.165) is 0 Å². The van der Waals surface area contributed by atoms with E-state index in [9.17, 15) is 9.59 Å². The number of carbonyl (C=O) groups is 2. The third kappa shape index (κ3) is 2.88. The molecule has 2 unspecified atom stereocenters. The van der Waals surface area contributed by atoms with Gasteiger partial charge in [0.05, 0.1) is 12.0 Å². The number of hydrogen-bond donors (Lipinski definition) is 2. The van der Waals surface area contributed by atoms with Crippen LogP contribution < -0.4 is 10.6 Å². The number of urea groups is 1. The van der Waals surface area contributed by atoms with Crippen molar-refractivity contribution < 1.29 is 9.59 Å². The van der Waals surface area contributed by atoms with Crippen LogP contribution in [0.1, 0.15) is 6.42 Å². The lowest BCUT2D eigenvalue weighted by atomic mass is 10.1. The molecule has 0 aromatic heterocycles. The zero-order chi connectivity index (χ0) is 14.5. The summed E-state index contributed by atoms with van der Waals surface area (Å²) in [5, 5.41) is 14.4. The number of benzene rings is 1. The summed E-state index contributed by atoms with van der Waals surface area (Å²) in [6.07, 6.45) is 0.364. The van der Waals surface area contributed by atoms with E-state index in [1.165, 1.54) is 11.9 Å². The minimum Gasteiger partial charge on any atom is -0.341 e.